The number of aliphatic imine (C=N–C) groups is 1. The van der Waals surface area contributed by atoms with E-state index in [1.165, 1.54) is 38.5 Å². The number of ether oxygens (including phenoxy) is 2. The van der Waals surface area contributed by atoms with Crippen molar-refractivity contribution in [3.05, 3.63) is 0 Å². The molecule has 2 rings (SSSR count). The van der Waals surface area contributed by atoms with Gasteiger partial charge in [0.15, 0.2) is 5.96 Å². The zero-order valence-electron chi connectivity index (χ0n) is 16.1. The second-order valence-corrected chi connectivity index (χ2v) is 8.80. The molecule has 1 aliphatic carbocycles. The molecule has 2 aliphatic rings. The maximum absolute atomic E-state index is 6.04. The van der Waals surface area contributed by atoms with E-state index in [0.717, 1.165) is 57.5 Å². The average molecular weight is 372 g/mol. The highest BCUT2D eigenvalue weighted by Crippen LogP contribution is 2.34. The summed E-state index contributed by atoms with van der Waals surface area (Å²) in [6, 6.07) is 0. The van der Waals surface area contributed by atoms with Crippen molar-refractivity contribution in [2.45, 2.75) is 69.1 Å². The fourth-order valence-corrected chi connectivity index (χ4v) is 4.93. The molecule has 0 amide bonds. The normalized spacial score (nSPS) is 22.4. The summed E-state index contributed by atoms with van der Waals surface area (Å²) in [6.07, 6.45) is 10.5. The summed E-state index contributed by atoms with van der Waals surface area (Å²) in [5.74, 6) is 2.02. The van der Waals surface area contributed by atoms with E-state index in [-0.39, 0.29) is 4.75 Å². The van der Waals surface area contributed by atoms with E-state index in [4.69, 9.17) is 9.47 Å². The Labute approximate surface area is 158 Å². The number of rotatable bonds is 8. The van der Waals surface area contributed by atoms with E-state index in [9.17, 15) is 0 Å². The molecule has 5 nitrogen and oxygen atoms in total. The first-order valence-electron chi connectivity index (χ1n) is 10.1. The molecule has 2 N–H and O–H groups in total. The number of nitrogens with zero attached hydrogens (tertiary/aromatic N) is 1. The Bertz CT molecular complexity index is 373. The fraction of sp³-hybridized carbons (Fsp3) is 0.947. The monoisotopic (exact) mass is 371 g/mol. The second-order valence-electron chi connectivity index (χ2n) is 7.07. The zero-order chi connectivity index (χ0) is 17.8. The van der Waals surface area contributed by atoms with Gasteiger partial charge in [-0.2, -0.15) is 11.8 Å². The minimum atomic E-state index is 0.279. The van der Waals surface area contributed by atoms with Crippen LogP contribution in [0.3, 0.4) is 0 Å². The third kappa shape index (κ3) is 7.75. The van der Waals surface area contributed by atoms with Crippen molar-refractivity contribution in [1.82, 2.24) is 10.6 Å². The Kier molecular flexibility index (Phi) is 10.0. The van der Waals surface area contributed by atoms with E-state index in [2.05, 4.69) is 34.3 Å². The van der Waals surface area contributed by atoms with Crippen LogP contribution in [0.15, 0.2) is 4.99 Å². The lowest BCUT2D eigenvalue weighted by atomic mass is 9.99. The lowest BCUT2D eigenvalue weighted by molar-refractivity contribution is 0.0468. The van der Waals surface area contributed by atoms with Gasteiger partial charge < -0.3 is 20.1 Å². The molecular formula is C19H37N3O2S. The van der Waals surface area contributed by atoms with Gasteiger partial charge in [-0.1, -0.05) is 32.6 Å². The van der Waals surface area contributed by atoms with Gasteiger partial charge in [-0.05, 0) is 31.4 Å². The molecular weight excluding hydrogens is 334 g/mol. The smallest absolute Gasteiger partial charge is 0.191 e. The zero-order valence-corrected chi connectivity index (χ0v) is 17.0. The Balaban J connectivity index is 1.65. The summed E-state index contributed by atoms with van der Waals surface area (Å²) in [5, 5.41) is 6.92. The van der Waals surface area contributed by atoms with Gasteiger partial charge in [0, 0.05) is 38.1 Å². The van der Waals surface area contributed by atoms with Crippen LogP contribution in [-0.4, -0.2) is 62.5 Å². The van der Waals surface area contributed by atoms with Gasteiger partial charge in [-0.3, -0.25) is 4.99 Å². The summed E-state index contributed by atoms with van der Waals surface area (Å²) < 4.78 is 11.9. The quantitative estimate of drug-likeness (QED) is 0.297. The Morgan fingerprint density at radius 1 is 1.16 bits per heavy atom. The Morgan fingerprint density at radius 2 is 1.88 bits per heavy atom. The van der Waals surface area contributed by atoms with E-state index in [1.807, 2.05) is 7.05 Å². The van der Waals surface area contributed by atoms with Crippen LogP contribution in [0.5, 0.6) is 0 Å². The standard InChI is InChI=1S/C19H37N3O2S/c1-3-25-19(10-13-23-14-11-19)16-22-18(20-2)21-12-15-24-17-8-6-4-5-7-9-17/h17H,3-16H2,1-2H3,(H2,20,21,22). The first kappa shape index (κ1) is 20.8. The van der Waals surface area contributed by atoms with Crippen molar-refractivity contribution in [3.8, 4) is 0 Å². The molecule has 1 saturated heterocycles. The Morgan fingerprint density at radius 3 is 2.52 bits per heavy atom. The van der Waals surface area contributed by atoms with Crippen molar-refractivity contribution < 1.29 is 9.47 Å². The van der Waals surface area contributed by atoms with Crippen molar-refractivity contribution in [2.75, 3.05) is 45.7 Å². The summed E-state index contributed by atoms with van der Waals surface area (Å²) in [7, 11) is 1.84. The van der Waals surface area contributed by atoms with Gasteiger partial charge in [0.05, 0.1) is 12.7 Å². The van der Waals surface area contributed by atoms with E-state index < -0.39 is 0 Å². The third-order valence-electron chi connectivity index (χ3n) is 5.21. The highest BCUT2D eigenvalue weighted by molar-refractivity contribution is 8.00. The van der Waals surface area contributed by atoms with E-state index in [0.29, 0.717) is 6.10 Å². The van der Waals surface area contributed by atoms with Gasteiger partial charge in [0.1, 0.15) is 0 Å². The molecule has 0 atom stereocenters. The molecule has 6 heteroatoms. The van der Waals surface area contributed by atoms with Crippen LogP contribution in [0.1, 0.15) is 58.3 Å². The lowest BCUT2D eigenvalue weighted by Crippen LogP contribution is -2.48. The first-order valence-corrected chi connectivity index (χ1v) is 11.0. The molecule has 1 heterocycles. The largest absolute Gasteiger partial charge is 0.381 e. The van der Waals surface area contributed by atoms with Gasteiger partial charge in [0.25, 0.3) is 0 Å². The highest BCUT2D eigenvalue weighted by Gasteiger charge is 2.32. The molecule has 0 aromatic rings. The van der Waals surface area contributed by atoms with E-state index in [1.54, 1.807) is 0 Å². The summed E-state index contributed by atoms with van der Waals surface area (Å²) in [5.41, 5.74) is 0. The summed E-state index contributed by atoms with van der Waals surface area (Å²) in [4.78, 5) is 4.36. The van der Waals surface area contributed by atoms with Crippen molar-refractivity contribution in [1.29, 1.82) is 0 Å². The molecule has 0 unspecified atom stereocenters. The van der Waals surface area contributed by atoms with Crippen LogP contribution in [-0.2, 0) is 9.47 Å². The number of hydrogen-bond donors (Lipinski definition) is 2. The average Bonchev–Trinajstić information content (AvgIpc) is 2.91. The molecule has 0 aromatic heterocycles. The summed E-state index contributed by atoms with van der Waals surface area (Å²) in [6.45, 7) is 6.49. The number of hydrogen-bond acceptors (Lipinski definition) is 4. The van der Waals surface area contributed by atoms with Crippen LogP contribution in [0.25, 0.3) is 0 Å². The second kappa shape index (κ2) is 12.0. The topological polar surface area (TPSA) is 54.9 Å². The maximum atomic E-state index is 6.04. The molecule has 146 valence electrons. The van der Waals surface area contributed by atoms with Gasteiger partial charge in [-0.15, -0.1) is 0 Å². The van der Waals surface area contributed by atoms with Gasteiger partial charge >= 0.3 is 0 Å². The third-order valence-corrected chi connectivity index (χ3v) is 6.66. The van der Waals surface area contributed by atoms with Crippen LogP contribution in [0.4, 0.5) is 0 Å². The molecule has 25 heavy (non-hydrogen) atoms. The minimum Gasteiger partial charge on any atom is -0.381 e. The molecule has 1 aliphatic heterocycles. The number of nitrogens with one attached hydrogen (secondary N) is 2. The predicted molar refractivity (Wildman–Crippen MR) is 108 cm³/mol. The molecule has 2 fully saturated rings. The molecule has 0 spiro atoms. The number of thioether (sulfide) groups is 1. The SMILES string of the molecule is CCSC1(CNC(=NC)NCCOC2CCCCCC2)CCOCC1. The number of guanidine groups is 1. The highest BCUT2D eigenvalue weighted by atomic mass is 32.2. The fourth-order valence-electron chi connectivity index (χ4n) is 3.69. The molecule has 0 bridgehead atoms. The van der Waals surface area contributed by atoms with Crippen LogP contribution in [0.2, 0.25) is 0 Å². The predicted octanol–water partition coefficient (Wildman–Crippen LogP) is 3.19. The van der Waals surface area contributed by atoms with E-state index >= 15 is 0 Å². The molecule has 0 aromatic carbocycles. The minimum absolute atomic E-state index is 0.279. The van der Waals surface area contributed by atoms with Crippen molar-refractivity contribution in [3.63, 3.8) is 0 Å². The van der Waals surface area contributed by atoms with Gasteiger partial charge in [-0.25, -0.2) is 0 Å². The molecule has 1 saturated carbocycles. The molecule has 0 radical (unpaired) electrons. The van der Waals surface area contributed by atoms with Crippen LogP contribution < -0.4 is 10.6 Å². The van der Waals surface area contributed by atoms with Crippen molar-refractivity contribution >= 4 is 17.7 Å². The van der Waals surface area contributed by atoms with Crippen molar-refractivity contribution in [2.24, 2.45) is 4.99 Å². The first-order chi connectivity index (χ1) is 12.3. The van der Waals surface area contributed by atoms with Crippen LogP contribution in [0, 0.1) is 0 Å². The van der Waals surface area contributed by atoms with Crippen LogP contribution >= 0.6 is 11.8 Å². The lowest BCUT2D eigenvalue weighted by Gasteiger charge is -2.37. The summed E-state index contributed by atoms with van der Waals surface area (Å²) >= 11 is 2.05. The van der Waals surface area contributed by atoms with Gasteiger partial charge in [0.2, 0.25) is 0 Å². The maximum Gasteiger partial charge on any atom is 0.191 e. The Hall–Kier alpha value is -0.460.